The highest BCUT2D eigenvalue weighted by Gasteiger charge is 1.83. The Morgan fingerprint density at radius 2 is 1.90 bits per heavy atom. The first-order valence-corrected chi connectivity index (χ1v) is 3.64. The van der Waals surface area contributed by atoms with E-state index in [1.807, 2.05) is 20.3 Å². The molecule has 0 saturated carbocycles. The van der Waals surface area contributed by atoms with E-state index in [1.165, 1.54) is 0 Å². The minimum Gasteiger partial charge on any atom is -0.388 e. The zero-order chi connectivity index (χ0) is 7.82. The topological polar surface area (TPSA) is 36.1 Å². The Balaban J connectivity index is 3.43. The Bertz CT molecular complexity index is 93.0. The second kappa shape index (κ2) is 6.26. The van der Waals surface area contributed by atoms with Gasteiger partial charge in [-0.1, -0.05) is 6.92 Å². The van der Waals surface area contributed by atoms with Gasteiger partial charge in [-0.15, -0.1) is 0 Å². The van der Waals surface area contributed by atoms with E-state index < -0.39 is 0 Å². The molecule has 10 heavy (non-hydrogen) atoms. The maximum Gasteiger partial charge on any atom is 0.114 e. The predicted octanol–water partition coefficient (Wildman–Crippen LogP) is 0.224. The molecule has 0 radical (unpaired) electrons. The summed E-state index contributed by atoms with van der Waals surface area (Å²) in [5.74, 6) is 1.01. The quantitative estimate of drug-likeness (QED) is 0.482. The van der Waals surface area contributed by atoms with Crippen molar-refractivity contribution < 1.29 is 0 Å². The minimum absolute atomic E-state index is 1.01. The molecule has 0 aliphatic rings. The van der Waals surface area contributed by atoms with E-state index in [0.717, 1.165) is 18.8 Å². The minimum atomic E-state index is 1.01. The Morgan fingerprint density at radius 1 is 1.30 bits per heavy atom. The molecule has 0 aromatic rings. The van der Waals surface area contributed by atoms with E-state index in [9.17, 15) is 0 Å². The third-order valence-corrected chi connectivity index (χ3v) is 1.18. The molecule has 0 aliphatic heterocycles. The summed E-state index contributed by atoms with van der Waals surface area (Å²) in [5, 5.41) is 9.15. The largest absolute Gasteiger partial charge is 0.388 e. The second-order valence-corrected chi connectivity index (χ2v) is 2.01. The molecule has 3 N–H and O–H groups in total. The summed E-state index contributed by atoms with van der Waals surface area (Å²) in [6.07, 6.45) is 3.08. The SMILES string of the molecule is CCCNC=C(NC)NC. The summed E-state index contributed by atoms with van der Waals surface area (Å²) in [4.78, 5) is 0. The molecule has 60 valence electrons. The number of hydrogen-bond acceptors (Lipinski definition) is 3. The smallest absolute Gasteiger partial charge is 0.114 e. The van der Waals surface area contributed by atoms with Crippen molar-refractivity contribution in [3.63, 3.8) is 0 Å². The maximum atomic E-state index is 3.15. The Kier molecular flexibility index (Phi) is 5.72. The van der Waals surface area contributed by atoms with Crippen molar-refractivity contribution in [2.75, 3.05) is 20.6 Å². The van der Waals surface area contributed by atoms with Crippen LogP contribution in [-0.2, 0) is 0 Å². The standard InChI is InChI=1S/C7H17N3/c1-4-5-10-6-7(8-2)9-3/h6,8-10H,4-5H2,1-3H3. The molecule has 0 amide bonds. The van der Waals surface area contributed by atoms with Crippen molar-refractivity contribution in [2.24, 2.45) is 0 Å². The first-order valence-electron chi connectivity index (χ1n) is 3.64. The van der Waals surface area contributed by atoms with Crippen LogP contribution in [0.2, 0.25) is 0 Å². The van der Waals surface area contributed by atoms with Gasteiger partial charge in [0.05, 0.1) is 0 Å². The highest BCUT2D eigenvalue weighted by Crippen LogP contribution is 1.76. The van der Waals surface area contributed by atoms with Crippen molar-refractivity contribution in [1.82, 2.24) is 16.0 Å². The van der Waals surface area contributed by atoms with Gasteiger partial charge in [-0.05, 0) is 6.42 Å². The van der Waals surface area contributed by atoms with Crippen LogP contribution in [0.5, 0.6) is 0 Å². The van der Waals surface area contributed by atoms with Crippen LogP contribution >= 0.6 is 0 Å². The van der Waals surface area contributed by atoms with Gasteiger partial charge >= 0.3 is 0 Å². The van der Waals surface area contributed by atoms with Gasteiger partial charge in [0.15, 0.2) is 0 Å². The van der Waals surface area contributed by atoms with Crippen LogP contribution in [0.4, 0.5) is 0 Å². The Hall–Kier alpha value is -0.860. The zero-order valence-electron chi connectivity index (χ0n) is 6.99. The van der Waals surface area contributed by atoms with E-state index in [4.69, 9.17) is 0 Å². The van der Waals surface area contributed by atoms with E-state index in [2.05, 4.69) is 22.9 Å². The Morgan fingerprint density at radius 3 is 2.30 bits per heavy atom. The third-order valence-electron chi connectivity index (χ3n) is 1.18. The second-order valence-electron chi connectivity index (χ2n) is 2.01. The van der Waals surface area contributed by atoms with Crippen LogP contribution in [-0.4, -0.2) is 20.6 Å². The molecular weight excluding hydrogens is 126 g/mol. The van der Waals surface area contributed by atoms with Crippen LogP contribution in [0.3, 0.4) is 0 Å². The summed E-state index contributed by atoms with van der Waals surface area (Å²) in [6.45, 7) is 3.16. The lowest BCUT2D eigenvalue weighted by Gasteiger charge is -2.05. The van der Waals surface area contributed by atoms with Crippen LogP contribution in [0, 0.1) is 0 Å². The zero-order valence-corrected chi connectivity index (χ0v) is 6.99. The summed E-state index contributed by atoms with van der Waals surface area (Å²) in [7, 11) is 3.77. The molecule has 0 fully saturated rings. The van der Waals surface area contributed by atoms with Crippen LogP contribution in [0.25, 0.3) is 0 Å². The van der Waals surface area contributed by atoms with Gasteiger partial charge < -0.3 is 16.0 Å². The number of rotatable bonds is 5. The van der Waals surface area contributed by atoms with Crippen molar-refractivity contribution >= 4 is 0 Å². The average Bonchev–Trinajstić information content (AvgIpc) is 1.99. The fourth-order valence-corrected chi connectivity index (χ4v) is 0.588. The van der Waals surface area contributed by atoms with E-state index in [1.54, 1.807) is 0 Å². The van der Waals surface area contributed by atoms with E-state index >= 15 is 0 Å². The van der Waals surface area contributed by atoms with E-state index in [0.29, 0.717) is 0 Å². The van der Waals surface area contributed by atoms with Crippen molar-refractivity contribution in [2.45, 2.75) is 13.3 Å². The van der Waals surface area contributed by atoms with Crippen LogP contribution in [0.15, 0.2) is 12.0 Å². The summed E-state index contributed by atoms with van der Waals surface area (Å²) < 4.78 is 0. The summed E-state index contributed by atoms with van der Waals surface area (Å²) in [5.41, 5.74) is 0. The fraction of sp³-hybridized carbons (Fsp3) is 0.714. The van der Waals surface area contributed by atoms with Gasteiger partial charge in [-0.25, -0.2) is 0 Å². The van der Waals surface area contributed by atoms with Gasteiger partial charge in [-0.3, -0.25) is 0 Å². The van der Waals surface area contributed by atoms with E-state index in [-0.39, 0.29) is 0 Å². The molecular formula is C7H17N3. The molecule has 3 heteroatoms. The Labute approximate surface area is 62.9 Å². The highest BCUT2D eigenvalue weighted by atomic mass is 15.1. The maximum absolute atomic E-state index is 3.15. The average molecular weight is 143 g/mol. The number of nitrogens with one attached hydrogen (secondary N) is 3. The molecule has 0 aromatic heterocycles. The normalized spacial score (nSPS) is 8.30. The molecule has 0 rings (SSSR count). The molecule has 0 spiro atoms. The third kappa shape index (κ3) is 4.06. The van der Waals surface area contributed by atoms with Crippen molar-refractivity contribution in [1.29, 1.82) is 0 Å². The van der Waals surface area contributed by atoms with Gasteiger partial charge in [0.25, 0.3) is 0 Å². The summed E-state index contributed by atoms with van der Waals surface area (Å²) in [6, 6.07) is 0. The highest BCUT2D eigenvalue weighted by molar-refractivity contribution is 4.92. The molecule has 3 nitrogen and oxygen atoms in total. The molecule has 0 aromatic carbocycles. The molecule has 0 saturated heterocycles. The molecule has 0 bridgehead atoms. The van der Waals surface area contributed by atoms with Gasteiger partial charge in [-0.2, -0.15) is 0 Å². The van der Waals surface area contributed by atoms with Crippen LogP contribution < -0.4 is 16.0 Å². The fourth-order valence-electron chi connectivity index (χ4n) is 0.588. The van der Waals surface area contributed by atoms with Crippen LogP contribution in [0.1, 0.15) is 13.3 Å². The number of hydrogen-bond donors (Lipinski definition) is 3. The van der Waals surface area contributed by atoms with Gasteiger partial charge in [0, 0.05) is 26.8 Å². The monoisotopic (exact) mass is 143 g/mol. The van der Waals surface area contributed by atoms with Gasteiger partial charge in [0.1, 0.15) is 5.82 Å². The lowest BCUT2D eigenvalue weighted by Crippen LogP contribution is -2.22. The first-order chi connectivity index (χ1) is 4.85. The molecule has 0 aliphatic carbocycles. The van der Waals surface area contributed by atoms with Gasteiger partial charge in [0.2, 0.25) is 0 Å². The first kappa shape index (κ1) is 9.14. The molecule has 0 unspecified atom stereocenters. The summed E-state index contributed by atoms with van der Waals surface area (Å²) >= 11 is 0. The lowest BCUT2D eigenvalue weighted by molar-refractivity contribution is 0.760. The molecule has 0 heterocycles. The lowest BCUT2D eigenvalue weighted by atomic mass is 10.5. The molecule has 0 atom stereocenters. The van der Waals surface area contributed by atoms with Crippen molar-refractivity contribution in [3.05, 3.63) is 12.0 Å². The predicted molar refractivity (Wildman–Crippen MR) is 44.5 cm³/mol. The van der Waals surface area contributed by atoms with Crippen molar-refractivity contribution in [3.8, 4) is 0 Å².